The largest absolute Gasteiger partial charge is 0.491 e. The van der Waals surface area contributed by atoms with E-state index >= 15 is 0 Å². The number of benzene rings is 2. The van der Waals surface area contributed by atoms with Crippen molar-refractivity contribution in [3.8, 4) is 17.2 Å². The average molecular weight is 489 g/mol. The van der Waals surface area contributed by atoms with Crippen LogP contribution in [0.5, 0.6) is 17.2 Å². The van der Waals surface area contributed by atoms with E-state index in [4.69, 9.17) is 18.6 Å². The van der Waals surface area contributed by atoms with Gasteiger partial charge in [0.25, 0.3) is 5.91 Å². The number of aliphatic hydroxyl groups excluding tert-OH is 1. The van der Waals surface area contributed by atoms with Crippen LogP contribution < -0.4 is 24.2 Å². The molecule has 4 rings (SSSR count). The summed E-state index contributed by atoms with van der Waals surface area (Å²) < 4.78 is 48.8. The molecular formula is C23H24N2O8S. The number of ether oxygens (including phenoxy) is 3. The Labute approximate surface area is 196 Å². The van der Waals surface area contributed by atoms with E-state index in [0.29, 0.717) is 28.6 Å². The van der Waals surface area contributed by atoms with E-state index in [1.54, 1.807) is 43.3 Å². The van der Waals surface area contributed by atoms with Gasteiger partial charge >= 0.3 is 0 Å². The summed E-state index contributed by atoms with van der Waals surface area (Å²) in [7, 11) is -3.86. The van der Waals surface area contributed by atoms with Crippen LogP contribution in [0.25, 0.3) is 0 Å². The van der Waals surface area contributed by atoms with Crippen molar-refractivity contribution in [2.24, 2.45) is 0 Å². The fourth-order valence-corrected chi connectivity index (χ4v) is 4.22. The molecule has 0 saturated carbocycles. The number of carbonyl (C=O) groups is 1. The number of amides is 1. The van der Waals surface area contributed by atoms with E-state index in [9.17, 15) is 18.3 Å². The Bertz CT molecular complexity index is 1260. The zero-order valence-corrected chi connectivity index (χ0v) is 19.1. The predicted octanol–water partition coefficient (Wildman–Crippen LogP) is 1.96. The van der Waals surface area contributed by atoms with Crippen molar-refractivity contribution in [1.29, 1.82) is 0 Å². The smallest absolute Gasteiger partial charge is 0.251 e. The van der Waals surface area contributed by atoms with Crippen LogP contribution in [0, 0.1) is 6.92 Å². The second-order valence-corrected chi connectivity index (χ2v) is 9.34. The second-order valence-electron chi connectivity index (χ2n) is 7.57. The van der Waals surface area contributed by atoms with Crippen molar-refractivity contribution in [2.75, 3.05) is 19.9 Å². The molecule has 0 saturated heterocycles. The van der Waals surface area contributed by atoms with E-state index in [0.717, 1.165) is 0 Å². The number of hydrogen-bond acceptors (Lipinski definition) is 8. The Morgan fingerprint density at radius 3 is 2.76 bits per heavy atom. The summed E-state index contributed by atoms with van der Waals surface area (Å²) >= 11 is 0. The molecule has 3 N–H and O–H groups in total. The predicted molar refractivity (Wildman–Crippen MR) is 120 cm³/mol. The van der Waals surface area contributed by atoms with Crippen molar-refractivity contribution in [2.45, 2.75) is 24.5 Å². The minimum absolute atomic E-state index is 0.0136. The Morgan fingerprint density at radius 2 is 1.97 bits per heavy atom. The minimum Gasteiger partial charge on any atom is -0.491 e. The van der Waals surface area contributed by atoms with Gasteiger partial charge in [-0.15, -0.1) is 0 Å². The standard InChI is InChI=1S/C23H24N2O8S/c1-15-4-6-19(34(28,29)25-12-18-3-2-8-30-18)10-20(15)23(27)24-11-16(26)13-31-17-5-7-21-22(9-17)33-14-32-21/h2-10,16,25-26H,11-14H2,1H3,(H,24,27). The minimum atomic E-state index is -3.86. The van der Waals surface area contributed by atoms with Gasteiger partial charge in [0.05, 0.1) is 17.7 Å². The molecule has 0 bridgehead atoms. The molecule has 2 heterocycles. The number of sulfonamides is 1. The lowest BCUT2D eigenvalue weighted by Crippen LogP contribution is -2.35. The Morgan fingerprint density at radius 1 is 1.15 bits per heavy atom. The highest BCUT2D eigenvalue weighted by Crippen LogP contribution is 2.35. The number of nitrogens with one attached hydrogen (secondary N) is 2. The van der Waals surface area contributed by atoms with Crippen LogP contribution >= 0.6 is 0 Å². The molecule has 1 aromatic heterocycles. The van der Waals surface area contributed by atoms with E-state index in [1.807, 2.05) is 0 Å². The molecule has 180 valence electrons. The van der Waals surface area contributed by atoms with Gasteiger partial charge in [-0.25, -0.2) is 13.1 Å². The summed E-state index contributed by atoms with van der Waals surface area (Å²) in [4.78, 5) is 12.6. The number of furan rings is 1. The van der Waals surface area contributed by atoms with Gasteiger partial charge in [0.2, 0.25) is 16.8 Å². The number of fused-ring (bicyclic) bond motifs is 1. The normalized spacial score (nSPS) is 13.5. The Balaban J connectivity index is 1.32. The van der Waals surface area contributed by atoms with E-state index in [-0.39, 0.29) is 36.9 Å². The van der Waals surface area contributed by atoms with Crippen molar-refractivity contribution >= 4 is 15.9 Å². The molecule has 0 fully saturated rings. The van der Waals surface area contributed by atoms with Crippen LogP contribution in [0.2, 0.25) is 0 Å². The molecule has 34 heavy (non-hydrogen) atoms. The number of rotatable bonds is 10. The van der Waals surface area contributed by atoms with Gasteiger partial charge in [-0.1, -0.05) is 6.07 Å². The first-order chi connectivity index (χ1) is 16.3. The monoisotopic (exact) mass is 488 g/mol. The highest BCUT2D eigenvalue weighted by molar-refractivity contribution is 7.89. The molecule has 0 aliphatic carbocycles. The van der Waals surface area contributed by atoms with Gasteiger partial charge in [0.1, 0.15) is 24.2 Å². The first-order valence-corrected chi connectivity index (χ1v) is 11.9. The van der Waals surface area contributed by atoms with Gasteiger partial charge in [0.15, 0.2) is 11.5 Å². The number of aliphatic hydroxyl groups is 1. The molecule has 0 radical (unpaired) electrons. The Hall–Kier alpha value is -3.54. The van der Waals surface area contributed by atoms with Crippen LogP contribution in [0.1, 0.15) is 21.7 Å². The summed E-state index contributed by atoms with van der Waals surface area (Å²) in [6.45, 7) is 1.68. The summed E-state index contributed by atoms with van der Waals surface area (Å²) in [6.07, 6.45) is 0.462. The fraction of sp³-hybridized carbons (Fsp3) is 0.261. The summed E-state index contributed by atoms with van der Waals surface area (Å²) in [5, 5.41) is 12.8. The molecule has 2 aromatic carbocycles. The summed E-state index contributed by atoms with van der Waals surface area (Å²) in [5.41, 5.74) is 0.776. The zero-order valence-electron chi connectivity index (χ0n) is 18.3. The van der Waals surface area contributed by atoms with Gasteiger partial charge in [-0.05, 0) is 48.9 Å². The van der Waals surface area contributed by atoms with Crippen LogP contribution in [0.4, 0.5) is 0 Å². The average Bonchev–Trinajstić information content (AvgIpc) is 3.51. The van der Waals surface area contributed by atoms with E-state index in [1.165, 1.54) is 18.4 Å². The topological polar surface area (TPSA) is 136 Å². The lowest BCUT2D eigenvalue weighted by molar-refractivity contribution is 0.0843. The molecule has 1 unspecified atom stereocenters. The maximum absolute atomic E-state index is 12.7. The summed E-state index contributed by atoms with van der Waals surface area (Å²) in [6, 6.07) is 12.6. The molecule has 1 aliphatic heterocycles. The third kappa shape index (κ3) is 5.68. The van der Waals surface area contributed by atoms with Crippen molar-refractivity contribution in [3.05, 3.63) is 71.7 Å². The van der Waals surface area contributed by atoms with E-state index in [2.05, 4.69) is 10.0 Å². The van der Waals surface area contributed by atoms with E-state index < -0.39 is 22.0 Å². The second kappa shape index (κ2) is 10.2. The Kier molecular flexibility index (Phi) is 7.06. The molecule has 0 spiro atoms. The molecule has 11 heteroatoms. The van der Waals surface area contributed by atoms with Gasteiger partial charge in [-0.3, -0.25) is 4.79 Å². The molecule has 3 aromatic rings. The number of carbonyl (C=O) groups excluding carboxylic acids is 1. The number of hydrogen-bond donors (Lipinski definition) is 3. The quantitative estimate of drug-likeness (QED) is 0.394. The fourth-order valence-electron chi connectivity index (χ4n) is 3.20. The third-order valence-electron chi connectivity index (χ3n) is 5.07. The molecule has 10 nitrogen and oxygen atoms in total. The van der Waals surface area contributed by atoms with Crippen molar-refractivity contribution < 1.29 is 36.9 Å². The maximum atomic E-state index is 12.7. The first-order valence-electron chi connectivity index (χ1n) is 10.4. The first kappa shape index (κ1) is 23.6. The highest BCUT2D eigenvalue weighted by Gasteiger charge is 2.19. The van der Waals surface area contributed by atoms with Gasteiger partial charge in [0, 0.05) is 18.2 Å². The molecule has 1 aliphatic rings. The van der Waals surface area contributed by atoms with Crippen LogP contribution in [0.15, 0.2) is 64.1 Å². The van der Waals surface area contributed by atoms with Crippen LogP contribution in [-0.2, 0) is 16.6 Å². The van der Waals surface area contributed by atoms with Gasteiger partial charge < -0.3 is 29.1 Å². The van der Waals surface area contributed by atoms with Crippen molar-refractivity contribution in [1.82, 2.24) is 10.0 Å². The number of aryl methyl sites for hydroxylation is 1. The van der Waals surface area contributed by atoms with Crippen LogP contribution in [-0.4, -0.2) is 45.5 Å². The lowest BCUT2D eigenvalue weighted by Gasteiger charge is -2.15. The van der Waals surface area contributed by atoms with Crippen LogP contribution in [0.3, 0.4) is 0 Å². The SMILES string of the molecule is Cc1ccc(S(=O)(=O)NCc2ccco2)cc1C(=O)NCC(O)COc1ccc2c(c1)OCO2. The van der Waals surface area contributed by atoms with Crippen molar-refractivity contribution in [3.63, 3.8) is 0 Å². The molecule has 1 atom stereocenters. The molecule has 1 amide bonds. The third-order valence-corrected chi connectivity index (χ3v) is 6.46. The van der Waals surface area contributed by atoms with Gasteiger partial charge in [-0.2, -0.15) is 0 Å². The summed E-state index contributed by atoms with van der Waals surface area (Å²) in [5.74, 6) is 1.62. The maximum Gasteiger partial charge on any atom is 0.251 e. The highest BCUT2D eigenvalue weighted by atomic mass is 32.2. The zero-order chi connectivity index (χ0) is 24.1. The molecular weight excluding hydrogens is 464 g/mol. The lowest BCUT2D eigenvalue weighted by atomic mass is 10.1.